The minimum atomic E-state index is -0.629. The lowest BCUT2D eigenvalue weighted by Gasteiger charge is -2.29. The van der Waals surface area contributed by atoms with E-state index in [1.807, 2.05) is 36.4 Å². The van der Waals surface area contributed by atoms with Crippen LogP contribution in [0.15, 0.2) is 48.5 Å². The number of rotatable bonds is 11. The molecule has 168 valence electrons. The van der Waals surface area contributed by atoms with Crippen molar-refractivity contribution in [3.05, 3.63) is 64.7 Å². The Balaban J connectivity index is 2.09. The predicted molar refractivity (Wildman–Crippen MR) is 125 cm³/mol. The molecule has 0 unspecified atom stereocenters. The lowest BCUT2D eigenvalue weighted by molar-refractivity contribution is -0.142. The number of hydrogen-bond acceptors (Lipinski definition) is 3. The van der Waals surface area contributed by atoms with Crippen molar-refractivity contribution in [2.45, 2.75) is 59.0 Å². The zero-order valence-electron chi connectivity index (χ0n) is 18.9. The van der Waals surface area contributed by atoms with Crippen LogP contribution in [-0.2, 0) is 16.1 Å². The summed E-state index contributed by atoms with van der Waals surface area (Å²) in [6.45, 7) is 8.78. The van der Waals surface area contributed by atoms with Crippen molar-refractivity contribution in [2.24, 2.45) is 0 Å². The predicted octanol–water partition coefficient (Wildman–Crippen LogP) is 5.18. The number of nitrogens with zero attached hydrogens (tertiary/aromatic N) is 1. The zero-order valence-corrected chi connectivity index (χ0v) is 19.6. The number of carbonyl (C=O) groups excluding carboxylic acids is 2. The van der Waals surface area contributed by atoms with Gasteiger partial charge in [-0.1, -0.05) is 63.1 Å². The molecule has 1 N–H and O–H groups in total. The summed E-state index contributed by atoms with van der Waals surface area (Å²) in [4.78, 5) is 27.2. The summed E-state index contributed by atoms with van der Waals surface area (Å²) in [6, 6.07) is 14.4. The molecule has 31 heavy (non-hydrogen) atoms. The van der Waals surface area contributed by atoms with E-state index >= 15 is 0 Å². The number of ether oxygens (including phenoxy) is 1. The molecule has 6 heteroatoms. The molecule has 2 amide bonds. The smallest absolute Gasteiger partial charge is 0.261 e. The van der Waals surface area contributed by atoms with Crippen LogP contribution in [0.5, 0.6) is 5.75 Å². The van der Waals surface area contributed by atoms with Crippen LogP contribution >= 0.6 is 11.6 Å². The molecule has 0 aliphatic heterocycles. The molecule has 0 fully saturated rings. The van der Waals surface area contributed by atoms with Crippen molar-refractivity contribution in [2.75, 3.05) is 13.2 Å². The number of unbranched alkanes of at least 4 members (excludes halogenated alkanes) is 1. The van der Waals surface area contributed by atoms with Crippen LogP contribution < -0.4 is 10.1 Å². The van der Waals surface area contributed by atoms with Gasteiger partial charge in [0.15, 0.2) is 6.61 Å². The first-order chi connectivity index (χ1) is 14.8. The van der Waals surface area contributed by atoms with Gasteiger partial charge in [0.25, 0.3) is 5.91 Å². The van der Waals surface area contributed by atoms with Gasteiger partial charge in [-0.25, -0.2) is 0 Å². The summed E-state index contributed by atoms with van der Waals surface area (Å²) in [5.41, 5.74) is 2.06. The van der Waals surface area contributed by atoms with Crippen molar-refractivity contribution in [3.63, 3.8) is 0 Å². The summed E-state index contributed by atoms with van der Waals surface area (Å²) in [5, 5.41) is 3.50. The lowest BCUT2D eigenvalue weighted by Crippen LogP contribution is -2.49. The average Bonchev–Trinajstić information content (AvgIpc) is 2.75. The first kappa shape index (κ1) is 24.7. The Morgan fingerprint density at radius 1 is 1.10 bits per heavy atom. The Morgan fingerprint density at radius 3 is 2.42 bits per heavy atom. The maximum absolute atomic E-state index is 13.0. The fraction of sp³-hybridized carbons (Fsp3) is 0.440. The summed E-state index contributed by atoms with van der Waals surface area (Å²) < 4.78 is 5.72. The third kappa shape index (κ3) is 7.91. The standard InChI is InChI=1S/C25H33ClN2O3/c1-5-6-14-27-25(30)19(4)28(16-20-8-7-9-22(26)15-20)24(29)17-31-23-12-10-21(11-13-23)18(2)3/h7-13,15,18-19H,5-6,14,16-17H2,1-4H3,(H,27,30)/t19-/m0/s1. The monoisotopic (exact) mass is 444 g/mol. The number of amides is 2. The SMILES string of the molecule is CCCCNC(=O)[C@H](C)N(Cc1cccc(Cl)c1)C(=O)COc1ccc(C(C)C)cc1. The Hall–Kier alpha value is -2.53. The Labute approximate surface area is 190 Å². The van der Waals surface area contributed by atoms with Crippen LogP contribution in [0.4, 0.5) is 0 Å². The highest BCUT2D eigenvalue weighted by Gasteiger charge is 2.26. The van der Waals surface area contributed by atoms with E-state index < -0.39 is 6.04 Å². The number of hydrogen-bond donors (Lipinski definition) is 1. The normalized spacial score (nSPS) is 11.8. The van der Waals surface area contributed by atoms with Gasteiger partial charge >= 0.3 is 0 Å². The molecule has 1 atom stereocenters. The average molecular weight is 445 g/mol. The highest BCUT2D eigenvalue weighted by atomic mass is 35.5. The maximum Gasteiger partial charge on any atom is 0.261 e. The van der Waals surface area contributed by atoms with Crippen molar-refractivity contribution < 1.29 is 14.3 Å². The number of halogens is 1. The number of carbonyl (C=O) groups is 2. The van der Waals surface area contributed by atoms with Gasteiger partial charge in [0, 0.05) is 18.1 Å². The Morgan fingerprint density at radius 2 is 1.81 bits per heavy atom. The van der Waals surface area contributed by atoms with Gasteiger partial charge in [-0.15, -0.1) is 0 Å². The molecule has 0 aromatic heterocycles. The van der Waals surface area contributed by atoms with E-state index in [2.05, 4.69) is 26.1 Å². The largest absolute Gasteiger partial charge is 0.484 e. The van der Waals surface area contributed by atoms with Gasteiger partial charge in [0.05, 0.1) is 0 Å². The van der Waals surface area contributed by atoms with Crippen molar-refractivity contribution in [1.29, 1.82) is 0 Å². The van der Waals surface area contributed by atoms with E-state index in [0.717, 1.165) is 18.4 Å². The zero-order chi connectivity index (χ0) is 22.8. The van der Waals surface area contributed by atoms with Crippen LogP contribution in [0.2, 0.25) is 5.02 Å². The molecule has 0 aliphatic carbocycles. The molecule has 2 rings (SSSR count). The highest BCUT2D eigenvalue weighted by Crippen LogP contribution is 2.19. The third-order valence-electron chi connectivity index (χ3n) is 5.15. The summed E-state index contributed by atoms with van der Waals surface area (Å²) in [6.07, 6.45) is 1.89. The molecule has 5 nitrogen and oxygen atoms in total. The molecular formula is C25H33ClN2O3. The van der Waals surface area contributed by atoms with Gasteiger partial charge < -0.3 is 15.0 Å². The summed E-state index contributed by atoms with van der Waals surface area (Å²) >= 11 is 6.10. The van der Waals surface area contributed by atoms with Crippen molar-refractivity contribution in [1.82, 2.24) is 10.2 Å². The molecule has 0 spiro atoms. The van der Waals surface area contributed by atoms with Crippen molar-refractivity contribution >= 4 is 23.4 Å². The van der Waals surface area contributed by atoms with Gasteiger partial charge in [-0.2, -0.15) is 0 Å². The van der Waals surface area contributed by atoms with E-state index in [9.17, 15) is 9.59 Å². The van der Waals surface area contributed by atoms with E-state index in [-0.39, 0.29) is 25.0 Å². The highest BCUT2D eigenvalue weighted by molar-refractivity contribution is 6.30. The Bertz CT molecular complexity index is 852. The first-order valence-corrected chi connectivity index (χ1v) is 11.2. The topological polar surface area (TPSA) is 58.6 Å². The second-order valence-electron chi connectivity index (χ2n) is 7.98. The van der Waals surface area contributed by atoms with Crippen LogP contribution in [-0.4, -0.2) is 35.9 Å². The summed E-state index contributed by atoms with van der Waals surface area (Å²) in [7, 11) is 0. The van der Waals surface area contributed by atoms with Gasteiger partial charge in [0.2, 0.25) is 5.91 Å². The quantitative estimate of drug-likeness (QED) is 0.486. The van der Waals surface area contributed by atoms with Crippen LogP contribution in [0.25, 0.3) is 0 Å². The molecule has 2 aromatic rings. The third-order valence-corrected chi connectivity index (χ3v) is 5.38. The molecule has 0 saturated heterocycles. The van der Waals surface area contributed by atoms with Crippen LogP contribution in [0.3, 0.4) is 0 Å². The molecule has 0 bridgehead atoms. The second kappa shape index (κ2) is 12.4. The van der Waals surface area contributed by atoms with E-state index in [4.69, 9.17) is 16.3 Å². The molecule has 0 heterocycles. The van der Waals surface area contributed by atoms with Gasteiger partial charge in [-0.3, -0.25) is 9.59 Å². The molecule has 0 aliphatic rings. The second-order valence-corrected chi connectivity index (χ2v) is 8.42. The Kier molecular flexibility index (Phi) is 9.86. The molecule has 0 radical (unpaired) electrons. The number of nitrogens with one attached hydrogen (secondary N) is 1. The fourth-order valence-electron chi connectivity index (χ4n) is 3.13. The van der Waals surface area contributed by atoms with Gasteiger partial charge in [-0.05, 0) is 54.7 Å². The summed E-state index contributed by atoms with van der Waals surface area (Å²) in [5.74, 6) is 0.618. The van der Waals surface area contributed by atoms with Crippen molar-refractivity contribution in [3.8, 4) is 5.75 Å². The van der Waals surface area contributed by atoms with E-state index in [1.165, 1.54) is 10.5 Å². The lowest BCUT2D eigenvalue weighted by atomic mass is 10.0. The van der Waals surface area contributed by atoms with Gasteiger partial charge in [0.1, 0.15) is 11.8 Å². The minimum Gasteiger partial charge on any atom is -0.484 e. The van der Waals surface area contributed by atoms with E-state index in [1.54, 1.807) is 19.1 Å². The molecule has 2 aromatic carbocycles. The van der Waals surface area contributed by atoms with Crippen LogP contribution in [0, 0.1) is 0 Å². The van der Waals surface area contributed by atoms with Crippen LogP contribution in [0.1, 0.15) is 57.6 Å². The maximum atomic E-state index is 13.0. The minimum absolute atomic E-state index is 0.145. The molecule has 0 saturated carbocycles. The first-order valence-electron chi connectivity index (χ1n) is 10.9. The number of benzene rings is 2. The fourth-order valence-corrected chi connectivity index (χ4v) is 3.34. The molecular weight excluding hydrogens is 412 g/mol. The van der Waals surface area contributed by atoms with E-state index in [0.29, 0.717) is 23.2 Å².